The van der Waals surface area contributed by atoms with Crippen molar-refractivity contribution in [3.63, 3.8) is 0 Å². The first-order chi connectivity index (χ1) is 11.5. The maximum Gasteiger partial charge on any atom is 0.416 e. The van der Waals surface area contributed by atoms with Crippen LogP contribution in [0.2, 0.25) is 0 Å². The number of carbonyl (C=O) groups is 1. The summed E-state index contributed by atoms with van der Waals surface area (Å²) in [4.78, 5) is 10.6. The lowest BCUT2D eigenvalue weighted by molar-refractivity contribution is -0.137. The second-order valence-corrected chi connectivity index (χ2v) is 7.09. The molecule has 0 atom stereocenters. The Kier molecular flexibility index (Phi) is 5.07. The van der Waals surface area contributed by atoms with Crippen LogP contribution in [0.4, 0.5) is 13.2 Å². The molecule has 0 aliphatic rings. The number of ether oxygens (including phenoxy) is 1. The minimum absolute atomic E-state index is 0.0424. The van der Waals surface area contributed by atoms with Crippen molar-refractivity contribution in [2.24, 2.45) is 0 Å². The molecule has 0 saturated heterocycles. The SMILES string of the molecule is COc1cc(C(=O)O)ccc1S(=O)(=O)Cc1cccc(C(F)(F)F)c1. The quantitative estimate of drug-likeness (QED) is 0.868. The van der Waals surface area contributed by atoms with Gasteiger partial charge >= 0.3 is 12.1 Å². The molecule has 25 heavy (non-hydrogen) atoms. The van der Waals surface area contributed by atoms with E-state index in [9.17, 15) is 26.4 Å². The molecule has 134 valence electrons. The van der Waals surface area contributed by atoms with Crippen LogP contribution in [0.5, 0.6) is 5.75 Å². The molecule has 9 heteroatoms. The van der Waals surface area contributed by atoms with E-state index in [-0.39, 0.29) is 21.8 Å². The molecule has 0 heterocycles. The standard InChI is InChI=1S/C16H13F3O5S/c1-24-13-8-11(15(20)21)5-6-14(13)25(22,23)9-10-3-2-4-12(7-10)16(17,18)19/h2-8H,9H2,1H3,(H,20,21). The molecule has 0 spiro atoms. The van der Waals surface area contributed by atoms with Gasteiger partial charge in [-0.15, -0.1) is 0 Å². The molecule has 0 bridgehead atoms. The number of aromatic carboxylic acids is 1. The van der Waals surface area contributed by atoms with Crippen LogP contribution in [-0.2, 0) is 21.8 Å². The van der Waals surface area contributed by atoms with Gasteiger partial charge in [-0.05, 0) is 29.8 Å². The summed E-state index contributed by atoms with van der Waals surface area (Å²) < 4.78 is 68.2. The highest BCUT2D eigenvalue weighted by Crippen LogP contribution is 2.32. The van der Waals surface area contributed by atoms with E-state index in [0.29, 0.717) is 0 Å². The van der Waals surface area contributed by atoms with E-state index in [1.54, 1.807) is 0 Å². The lowest BCUT2D eigenvalue weighted by Crippen LogP contribution is -2.10. The average Bonchev–Trinajstić information content (AvgIpc) is 2.53. The van der Waals surface area contributed by atoms with Crippen molar-refractivity contribution in [2.75, 3.05) is 7.11 Å². The Morgan fingerprint density at radius 2 is 1.84 bits per heavy atom. The van der Waals surface area contributed by atoms with E-state index in [1.807, 2.05) is 0 Å². The van der Waals surface area contributed by atoms with Crippen molar-refractivity contribution in [1.29, 1.82) is 0 Å². The zero-order valence-corrected chi connectivity index (χ0v) is 13.7. The third-order valence-corrected chi connectivity index (χ3v) is 5.08. The van der Waals surface area contributed by atoms with Gasteiger partial charge in [-0.1, -0.05) is 18.2 Å². The van der Waals surface area contributed by atoms with Crippen molar-refractivity contribution in [1.82, 2.24) is 0 Å². The molecule has 2 aromatic carbocycles. The van der Waals surface area contributed by atoms with E-state index < -0.39 is 33.3 Å². The minimum Gasteiger partial charge on any atom is -0.495 e. The first kappa shape index (κ1) is 18.8. The largest absolute Gasteiger partial charge is 0.495 e. The molecule has 0 unspecified atom stereocenters. The van der Waals surface area contributed by atoms with E-state index in [1.165, 1.54) is 13.2 Å². The first-order valence-corrected chi connectivity index (χ1v) is 8.50. The molecule has 0 aliphatic carbocycles. The average molecular weight is 374 g/mol. The van der Waals surface area contributed by atoms with Crippen molar-refractivity contribution in [3.8, 4) is 5.75 Å². The van der Waals surface area contributed by atoms with Gasteiger partial charge in [-0.3, -0.25) is 0 Å². The maximum atomic E-state index is 12.7. The number of benzene rings is 2. The summed E-state index contributed by atoms with van der Waals surface area (Å²) in [5.74, 6) is -2.13. The smallest absolute Gasteiger partial charge is 0.416 e. The van der Waals surface area contributed by atoms with Gasteiger partial charge in [0.1, 0.15) is 10.6 Å². The molecule has 0 fully saturated rings. The van der Waals surface area contributed by atoms with Gasteiger partial charge in [0.05, 0.1) is 24.0 Å². The number of hydrogen-bond acceptors (Lipinski definition) is 4. The molecule has 0 radical (unpaired) electrons. The fourth-order valence-electron chi connectivity index (χ4n) is 2.19. The summed E-state index contributed by atoms with van der Waals surface area (Å²) in [7, 11) is -2.88. The van der Waals surface area contributed by atoms with Gasteiger partial charge in [0.25, 0.3) is 0 Å². The fourth-order valence-corrected chi connectivity index (χ4v) is 3.69. The molecule has 0 amide bonds. The van der Waals surface area contributed by atoms with Gasteiger partial charge < -0.3 is 9.84 Å². The lowest BCUT2D eigenvalue weighted by atomic mass is 10.1. The summed E-state index contributed by atoms with van der Waals surface area (Å²) in [5.41, 5.74) is -1.16. The van der Waals surface area contributed by atoms with Crippen LogP contribution in [0.3, 0.4) is 0 Å². The van der Waals surface area contributed by atoms with Gasteiger partial charge in [0.2, 0.25) is 0 Å². The molecule has 2 rings (SSSR count). The van der Waals surface area contributed by atoms with Crippen molar-refractivity contribution < 1.29 is 36.2 Å². The second kappa shape index (κ2) is 6.75. The molecule has 5 nitrogen and oxygen atoms in total. The monoisotopic (exact) mass is 374 g/mol. The number of halogens is 3. The Bertz CT molecular complexity index is 904. The van der Waals surface area contributed by atoms with E-state index >= 15 is 0 Å². The van der Waals surface area contributed by atoms with E-state index in [2.05, 4.69) is 0 Å². The van der Waals surface area contributed by atoms with Crippen LogP contribution in [0.25, 0.3) is 0 Å². The van der Waals surface area contributed by atoms with Crippen LogP contribution in [0.15, 0.2) is 47.4 Å². The van der Waals surface area contributed by atoms with Gasteiger partial charge in [0, 0.05) is 0 Å². The molecule has 0 aliphatic heterocycles. The normalized spacial score (nSPS) is 12.0. The predicted molar refractivity (Wildman–Crippen MR) is 82.3 cm³/mol. The Balaban J connectivity index is 2.42. The Hall–Kier alpha value is -2.55. The number of hydrogen-bond donors (Lipinski definition) is 1. The molecule has 2 aromatic rings. The van der Waals surface area contributed by atoms with E-state index in [4.69, 9.17) is 9.84 Å². The Morgan fingerprint density at radius 3 is 2.40 bits per heavy atom. The number of alkyl halides is 3. The molecule has 0 aromatic heterocycles. The zero-order valence-electron chi connectivity index (χ0n) is 12.9. The molecule has 0 saturated carbocycles. The Morgan fingerprint density at radius 1 is 1.16 bits per heavy atom. The van der Waals surface area contributed by atoms with Gasteiger partial charge in [-0.25, -0.2) is 13.2 Å². The van der Waals surface area contributed by atoms with E-state index in [0.717, 1.165) is 36.4 Å². The number of methoxy groups -OCH3 is 1. The minimum atomic E-state index is -4.58. The Labute approximate surface area is 141 Å². The van der Waals surface area contributed by atoms with Crippen molar-refractivity contribution in [3.05, 3.63) is 59.2 Å². The zero-order chi connectivity index (χ0) is 18.8. The van der Waals surface area contributed by atoms with Crippen LogP contribution in [-0.4, -0.2) is 26.6 Å². The molecular weight excluding hydrogens is 361 g/mol. The van der Waals surface area contributed by atoms with Crippen molar-refractivity contribution >= 4 is 15.8 Å². The van der Waals surface area contributed by atoms with Crippen LogP contribution >= 0.6 is 0 Å². The lowest BCUT2D eigenvalue weighted by Gasteiger charge is -2.12. The third kappa shape index (κ3) is 4.30. The number of sulfone groups is 1. The van der Waals surface area contributed by atoms with Crippen LogP contribution in [0, 0.1) is 0 Å². The fraction of sp³-hybridized carbons (Fsp3) is 0.188. The highest BCUT2D eigenvalue weighted by molar-refractivity contribution is 7.90. The second-order valence-electron chi connectivity index (χ2n) is 5.13. The molecular formula is C16H13F3O5S. The van der Waals surface area contributed by atoms with Gasteiger partial charge in [-0.2, -0.15) is 13.2 Å². The summed E-state index contributed by atoms with van der Waals surface area (Å²) in [6, 6.07) is 7.19. The summed E-state index contributed by atoms with van der Waals surface area (Å²) >= 11 is 0. The van der Waals surface area contributed by atoms with Crippen LogP contribution < -0.4 is 4.74 Å². The van der Waals surface area contributed by atoms with Crippen molar-refractivity contribution in [2.45, 2.75) is 16.8 Å². The number of carboxylic acids is 1. The van der Waals surface area contributed by atoms with Gasteiger partial charge in [0.15, 0.2) is 9.84 Å². The maximum absolute atomic E-state index is 12.7. The predicted octanol–water partition coefficient (Wildman–Crippen LogP) is 3.39. The highest BCUT2D eigenvalue weighted by Gasteiger charge is 2.31. The summed E-state index contributed by atoms with van der Waals surface area (Å²) in [6.07, 6.45) is -4.58. The summed E-state index contributed by atoms with van der Waals surface area (Å²) in [6.45, 7) is 0. The highest BCUT2D eigenvalue weighted by atomic mass is 32.2. The number of carboxylic acid groups (broad SMARTS) is 1. The molecule has 1 N–H and O–H groups in total. The third-order valence-electron chi connectivity index (χ3n) is 3.36. The van der Waals surface area contributed by atoms with Crippen LogP contribution in [0.1, 0.15) is 21.5 Å². The summed E-state index contributed by atoms with van der Waals surface area (Å²) in [5, 5.41) is 8.93. The first-order valence-electron chi connectivity index (χ1n) is 6.85. The number of rotatable bonds is 5. The topological polar surface area (TPSA) is 80.7 Å².